The van der Waals surface area contributed by atoms with Gasteiger partial charge < -0.3 is 10.0 Å². The highest BCUT2D eigenvalue weighted by molar-refractivity contribution is 5.84. The lowest BCUT2D eigenvalue weighted by molar-refractivity contribution is -0.385. The highest BCUT2D eigenvalue weighted by Gasteiger charge is 2.44. The summed E-state index contributed by atoms with van der Waals surface area (Å²) in [5.74, 6) is -0.893. The van der Waals surface area contributed by atoms with Gasteiger partial charge in [0.15, 0.2) is 0 Å². The summed E-state index contributed by atoms with van der Waals surface area (Å²) in [6, 6.07) is 4.78. The first-order valence-electron chi connectivity index (χ1n) is 6.13. The molecule has 0 saturated carbocycles. The molecule has 6 nitrogen and oxygen atoms in total. The summed E-state index contributed by atoms with van der Waals surface area (Å²) >= 11 is 0. The van der Waals surface area contributed by atoms with Gasteiger partial charge in [-0.2, -0.15) is 0 Å². The number of anilines is 1. The van der Waals surface area contributed by atoms with Crippen LogP contribution < -0.4 is 4.90 Å². The zero-order valence-corrected chi connectivity index (χ0v) is 10.9. The molecule has 0 aliphatic carbocycles. The van der Waals surface area contributed by atoms with Gasteiger partial charge in [-0.3, -0.25) is 10.1 Å². The summed E-state index contributed by atoms with van der Waals surface area (Å²) in [6.07, 6.45) is 1.31. The minimum atomic E-state index is -0.986. The van der Waals surface area contributed by atoms with Gasteiger partial charge in [0, 0.05) is 18.3 Å². The second kappa shape index (κ2) is 4.53. The van der Waals surface area contributed by atoms with Crippen molar-refractivity contribution < 1.29 is 14.8 Å². The van der Waals surface area contributed by atoms with Crippen LogP contribution in [0.1, 0.15) is 25.3 Å². The van der Waals surface area contributed by atoms with E-state index in [1.807, 2.05) is 0 Å². The maximum atomic E-state index is 11.5. The summed E-state index contributed by atoms with van der Waals surface area (Å²) in [5, 5.41) is 20.4. The maximum absolute atomic E-state index is 11.5. The van der Waals surface area contributed by atoms with E-state index >= 15 is 0 Å². The first-order chi connectivity index (χ1) is 8.88. The Labute approximate surface area is 110 Å². The van der Waals surface area contributed by atoms with Crippen molar-refractivity contribution >= 4 is 17.3 Å². The first kappa shape index (κ1) is 13.3. The molecule has 2 rings (SSSR count). The molecule has 1 aliphatic rings. The number of nitro groups is 1. The van der Waals surface area contributed by atoms with E-state index in [0.717, 1.165) is 6.42 Å². The Balaban J connectivity index is 2.51. The summed E-state index contributed by atoms with van der Waals surface area (Å²) in [7, 11) is 0. The number of benzene rings is 1. The molecule has 1 saturated heterocycles. The fourth-order valence-electron chi connectivity index (χ4n) is 2.67. The van der Waals surface area contributed by atoms with Crippen molar-refractivity contribution in [3.8, 4) is 0 Å². The van der Waals surface area contributed by atoms with E-state index < -0.39 is 16.4 Å². The Morgan fingerprint density at radius 2 is 2.21 bits per heavy atom. The third-order valence-electron chi connectivity index (χ3n) is 3.87. The van der Waals surface area contributed by atoms with Crippen LogP contribution in [-0.2, 0) is 4.79 Å². The van der Waals surface area contributed by atoms with Crippen molar-refractivity contribution in [1.29, 1.82) is 0 Å². The summed E-state index contributed by atoms with van der Waals surface area (Å²) in [6.45, 7) is 3.93. The molecular formula is C13H16N2O4. The largest absolute Gasteiger partial charge is 0.480 e. The smallest absolute Gasteiger partial charge is 0.329 e. The lowest BCUT2D eigenvalue weighted by Gasteiger charge is -2.34. The van der Waals surface area contributed by atoms with E-state index in [1.165, 1.54) is 6.07 Å². The Morgan fingerprint density at radius 3 is 2.79 bits per heavy atom. The third-order valence-corrected chi connectivity index (χ3v) is 3.87. The summed E-state index contributed by atoms with van der Waals surface area (Å²) in [4.78, 5) is 23.7. The third kappa shape index (κ3) is 2.03. The number of carboxylic acids is 1. The lowest BCUT2D eigenvalue weighted by Crippen LogP contribution is -2.48. The molecule has 0 radical (unpaired) electrons. The molecule has 1 N–H and O–H groups in total. The summed E-state index contributed by atoms with van der Waals surface area (Å²) < 4.78 is 0. The van der Waals surface area contributed by atoms with Crippen LogP contribution in [0.15, 0.2) is 18.2 Å². The fourth-order valence-corrected chi connectivity index (χ4v) is 2.67. The van der Waals surface area contributed by atoms with Crippen LogP contribution in [-0.4, -0.2) is 28.1 Å². The molecule has 1 unspecified atom stereocenters. The van der Waals surface area contributed by atoms with E-state index in [1.54, 1.807) is 30.9 Å². The van der Waals surface area contributed by atoms with Gasteiger partial charge in [0.2, 0.25) is 0 Å². The van der Waals surface area contributed by atoms with Crippen LogP contribution in [0, 0.1) is 17.0 Å². The van der Waals surface area contributed by atoms with Crippen molar-refractivity contribution in [1.82, 2.24) is 0 Å². The van der Waals surface area contributed by atoms with E-state index in [4.69, 9.17) is 0 Å². The van der Waals surface area contributed by atoms with Crippen LogP contribution in [0.4, 0.5) is 11.4 Å². The number of aliphatic carboxylic acids is 1. The number of carboxylic acid groups (broad SMARTS) is 1. The van der Waals surface area contributed by atoms with Gasteiger partial charge in [-0.1, -0.05) is 6.07 Å². The van der Waals surface area contributed by atoms with Crippen molar-refractivity contribution in [3.05, 3.63) is 33.9 Å². The zero-order valence-electron chi connectivity index (χ0n) is 10.9. The minimum absolute atomic E-state index is 0.0251. The highest BCUT2D eigenvalue weighted by atomic mass is 16.6. The molecular weight excluding hydrogens is 248 g/mol. The fraction of sp³-hybridized carbons (Fsp3) is 0.462. The number of nitrogens with zero attached hydrogens (tertiary/aromatic N) is 2. The molecule has 0 aromatic heterocycles. The molecule has 19 heavy (non-hydrogen) atoms. The number of nitro benzene ring substituents is 1. The number of carbonyl (C=O) groups is 1. The minimum Gasteiger partial charge on any atom is -0.480 e. The Morgan fingerprint density at radius 1 is 1.53 bits per heavy atom. The van der Waals surface area contributed by atoms with Gasteiger partial charge in [0.1, 0.15) is 5.54 Å². The predicted molar refractivity (Wildman–Crippen MR) is 70.5 cm³/mol. The second-order valence-corrected chi connectivity index (χ2v) is 5.01. The Bertz CT molecular complexity index is 543. The van der Waals surface area contributed by atoms with E-state index in [2.05, 4.69) is 0 Å². The average Bonchev–Trinajstić information content (AvgIpc) is 2.72. The van der Waals surface area contributed by atoms with Crippen LogP contribution in [0.25, 0.3) is 0 Å². The van der Waals surface area contributed by atoms with Crippen molar-refractivity contribution in [2.24, 2.45) is 0 Å². The Kier molecular flexibility index (Phi) is 3.18. The molecule has 102 valence electrons. The number of rotatable bonds is 3. The summed E-state index contributed by atoms with van der Waals surface area (Å²) in [5.41, 5.74) is 0.190. The average molecular weight is 264 g/mol. The van der Waals surface area contributed by atoms with E-state index in [0.29, 0.717) is 24.2 Å². The molecule has 0 bridgehead atoms. The van der Waals surface area contributed by atoms with E-state index in [-0.39, 0.29) is 5.69 Å². The van der Waals surface area contributed by atoms with Gasteiger partial charge in [-0.25, -0.2) is 4.79 Å². The molecule has 1 aromatic carbocycles. The van der Waals surface area contributed by atoms with E-state index in [9.17, 15) is 20.0 Å². The highest BCUT2D eigenvalue weighted by Crippen LogP contribution is 2.38. The van der Waals surface area contributed by atoms with Gasteiger partial charge >= 0.3 is 5.97 Å². The molecule has 1 fully saturated rings. The molecule has 0 spiro atoms. The van der Waals surface area contributed by atoms with Crippen molar-refractivity contribution in [2.45, 2.75) is 32.2 Å². The van der Waals surface area contributed by atoms with Gasteiger partial charge in [0.05, 0.1) is 10.5 Å². The molecule has 1 aromatic rings. The topological polar surface area (TPSA) is 83.7 Å². The number of hydrogen-bond acceptors (Lipinski definition) is 4. The van der Waals surface area contributed by atoms with Crippen LogP contribution in [0.2, 0.25) is 0 Å². The zero-order chi connectivity index (χ0) is 14.2. The Hall–Kier alpha value is -2.11. The van der Waals surface area contributed by atoms with Crippen LogP contribution in [0.3, 0.4) is 0 Å². The quantitative estimate of drug-likeness (QED) is 0.669. The second-order valence-electron chi connectivity index (χ2n) is 5.01. The normalized spacial score (nSPS) is 22.5. The molecule has 1 atom stereocenters. The molecule has 1 aliphatic heterocycles. The van der Waals surface area contributed by atoms with Crippen molar-refractivity contribution in [3.63, 3.8) is 0 Å². The molecule has 1 heterocycles. The first-order valence-corrected chi connectivity index (χ1v) is 6.13. The van der Waals surface area contributed by atoms with Gasteiger partial charge in [0.25, 0.3) is 5.69 Å². The number of hydrogen-bond donors (Lipinski definition) is 1. The van der Waals surface area contributed by atoms with Gasteiger partial charge in [-0.15, -0.1) is 0 Å². The van der Waals surface area contributed by atoms with Crippen molar-refractivity contribution in [2.75, 3.05) is 11.4 Å². The van der Waals surface area contributed by atoms with Gasteiger partial charge in [-0.05, 0) is 32.8 Å². The lowest BCUT2D eigenvalue weighted by atomic mass is 9.98. The van der Waals surface area contributed by atoms with Crippen LogP contribution >= 0.6 is 0 Å². The SMILES string of the molecule is Cc1c(N2CCCC2(C)C(=O)O)cccc1[N+](=O)[O-]. The standard InChI is InChI=1S/C13H16N2O4/c1-9-10(5-3-6-11(9)15(18)19)14-8-4-7-13(14,2)12(16)17/h3,5-6H,4,7-8H2,1-2H3,(H,16,17). The van der Waals surface area contributed by atoms with Crippen LogP contribution in [0.5, 0.6) is 0 Å². The molecule has 0 amide bonds. The predicted octanol–water partition coefficient (Wildman–Crippen LogP) is 2.35. The molecule has 6 heteroatoms. The maximum Gasteiger partial charge on any atom is 0.329 e. The monoisotopic (exact) mass is 264 g/mol.